The number of likely N-dealkylation sites (tertiary alicyclic amines) is 1. The highest BCUT2D eigenvalue weighted by Gasteiger charge is 2.32. The maximum atomic E-state index is 15.6. The van der Waals surface area contributed by atoms with E-state index in [9.17, 15) is 0 Å². The SMILES string of the molecule is CCCN1CC(Oc2ccc(N3c4ccc(OCc5ccccc5)cc4OC[C@H]3c3ccc(OCc4ccccc4)cc3)cc2F)C1. The predicted octanol–water partition coefficient (Wildman–Crippen LogP) is 8.73. The third-order valence-electron chi connectivity index (χ3n) is 8.61. The van der Waals surface area contributed by atoms with E-state index in [2.05, 4.69) is 28.9 Å². The van der Waals surface area contributed by atoms with Gasteiger partial charge in [-0.25, -0.2) is 4.39 Å². The van der Waals surface area contributed by atoms with Crippen LogP contribution in [-0.4, -0.2) is 37.2 Å². The number of rotatable bonds is 12. The molecule has 1 fully saturated rings. The summed E-state index contributed by atoms with van der Waals surface area (Å²) in [6.07, 6.45) is 1.11. The third-order valence-corrected chi connectivity index (χ3v) is 8.61. The van der Waals surface area contributed by atoms with Crippen molar-refractivity contribution in [1.82, 2.24) is 4.90 Å². The van der Waals surface area contributed by atoms with Crippen molar-refractivity contribution in [2.75, 3.05) is 31.1 Å². The second kappa shape index (κ2) is 14.2. The Morgan fingerprint density at radius 2 is 1.40 bits per heavy atom. The minimum atomic E-state index is -0.379. The largest absolute Gasteiger partial charge is 0.489 e. The summed E-state index contributed by atoms with van der Waals surface area (Å²) in [5.41, 5.74) is 4.77. The number of nitrogens with zero attached hydrogens (tertiary/aromatic N) is 2. The summed E-state index contributed by atoms with van der Waals surface area (Å²) < 4.78 is 40.2. The topological polar surface area (TPSA) is 43.4 Å². The number of hydrogen-bond acceptors (Lipinski definition) is 6. The molecule has 0 unspecified atom stereocenters. The molecule has 0 saturated carbocycles. The van der Waals surface area contributed by atoms with Gasteiger partial charge in [0.05, 0.1) is 11.7 Å². The Bertz CT molecular complexity index is 1760. The molecule has 1 saturated heterocycles. The van der Waals surface area contributed by atoms with Gasteiger partial charge in [-0.1, -0.05) is 79.7 Å². The van der Waals surface area contributed by atoms with E-state index in [0.717, 1.165) is 54.2 Å². The summed E-state index contributed by atoms with van der Waals surface area (Å²) in [6, 6.07) is 39.1. The van der Waals surface area contributed by atoms with Crippen LogP contribution in [0.1, 0.15) is 36.1 Å². The van der Waals surface area contributed by atoms with Crippen LogP contribution in [0.5, 0.6) is 23.0 Å². The quantitative estimate of drug-likeness (QED) is 0.137. The van der Waals surface area contributed by atoms with Gasteiger partial charge in [-0.2, -0.15) is 0 Å². The minimum Gasteiger partial charge on any atom is -0.489 e. The molecule has 0 aliphatic carbocycles. The highest BCUT2D eigenvalue weighted by molar-refractivity contribution is 5.73. The molecule has 7 heteroatoms. The molecular formula is C40H39FN2O4. The maximum Gasteiger partial charge on any atom is 0.167 e. The Hall–Kier alpha value is -5.01. The molecule has 6 nitrogen and oxygen atoms in total. The first-order chi connectivity index (χ1) is 23.1. The molecule has 0 bridgehead atoms. The summed E-state index contributed by atoms with van der Waals surface area (Å²) in [4.78, 5) is 4.46. The number of hydrogen-bond donors (Lipinski definition) is 0. The van der Waals surface area contributed by atoms with Gasteiger partial charge < -0.3 is 23.8 Å². The lowest BCUT2D eigenvalue weighted by Gasteiger charge is -2.40. The lowest BCUT2D eigenvalue weighted by Crippen LogP contribution is -2.53. The van der Waals surface area contributed by atoms with Crippen molar-refractivity contribution in [2.24, 2.45) is 0 Å². The van der Waals surface area contributed by atoms with Crippen molar-refractivity contribution in [3.63, 3.8) is 0 Å². The number of benzene rings is 5. The van der Waals surface area contributed by atoms with Gasteiger partial charge in [0.2, 0.25) is 0 Å². The molecule has 47 heavy (non-hydrogen) atoms. The average molecular weight is 631 g/mol. The summed E-state index contributed by atoms with van der Waals surface area (Å²) in [5, 5.41) is 0. The number of anilines is 2. The smallest absolute Gasteiger partial charge is 0.167 e. The van der Waals surface area contributed by atoms with Crippen LogP contribution in [0.25, 0.3) is 0 Å². The zero-order chi connectivity index (χ0) is 32.0. The van der Waals surface area contributed by atoms with E-state index in [-0.39, 0.29) is 23.7 Å². The van der Waals surface area contributed by atoms with Gasteiger partial charge in [-0.3, -0.25) is 4.90 Å². The Balaban J connectivity index is 1.13. The molecule has 5 aromatic carbocycles. The number of fused-ring (bicyclic) bond motifs is 1. The maximum absolute atomic E-state index is 15.6. The van der Waals surface area contributed by atoms with Crippen LogP contribution in [-0.2, 0) is 13.2 Å². The van der Waals surface area contributed by atoms with Gasteiger partial charge in [0.1, 0.15) is 43.2 Å². The predicted molar refractivity (Wildman–Crippen MR) is 182 cm³/mol. The average Bonchev–Trinajstić information content (AvgIpc) is 3.10. The van der Waals surface area contributed by atoms with E-state index in [1.54, 1.807) is 12.1 Å². The molecule has 0 spiro atoms. The highest BCUT2D eigenvalue weighted by Crippen LogP contribution is 2.46. The second-order valence-corrected chi connectivity index (χ2v) is 12.1. The standard InChI is InChI=1S/C40H39FN2O4/c1-2-21-42-24-35(25-42)47-39-20-15-32(22-36(39)41)43-37-19-18-34(45-27-30-11-7-4-8-12-30)23-40(37)46-28-38(43)31-13-16-33(17-14-31)44-26-29-9-5-3-6-10-29/h3-20,22-23,35,38H,2,21,24-28H2,1H3/t38-/m0/s1. The lowest BCUT2D eigenvalue weighted by molar-refractivity contribution is 0.0179. The number of ether oxygens (including phenoxy) is 4. The molecule has 0 amide bonds. The van der Waals surface area contributed by atoms with E-state index < -0.39 is 0 Å². The van der Waals surface area contributed by atoms with Crippen LogP contribution < -0.4 is 23.8 Å². The first-order valence-electron chi connectivity index (χ1n) is 16.3. The lowest BCUT2D eigenvalue weighted by atomic mass is 10.0. The molecular weight excluding hydrogens is 591 g/mol. The Kier molecular flexibility index (Phi) is 9.24. The van der Waals surface area contributed by atoms with Crippen LogP contribution in [0, 0.1) is 5.82 Å². The Morgan fingerprint density at radius 3 is 2.06 bits per heavy atom. The van der Waals surface area contributed by atoms with Crippen molar-refractivity contribution >= 4 is 11.4 Å². The summed E-state index contributed by atoms with van der Waals surface area (Å²) >= 11 is 0. The van der Waals surface area contributed by atoms with Crippen LogP contribution in [0.3, 0.4) is 0 Å². The molecule has 240 valence electrons. The Labute approximate surface area is 275 Å². The van der Waals surface area contributed by atoms with Gasteiger partial charge in [-0.15, -0.1) is 0 Å². The van der Waals surface area contributed by atoms with Crippen molar-refractivity contribution in [3.8, 4) is 23.0 Å². The van der Waals surface area contributed by atoms with Gasteiger partial charge in [0.15, 0.2) is 11.6 Å². The minimum absolute atomic E-state index is 0.00990. The molecule has 0 radical (unpaired) electrons. The van der Waals surface area contributed by atoms with Crippen LogP contribution >= 0.6 is 0 Å². The monoisotopic (exact) mass is 630 g/mol. The molecule has 2 aliphatic heterocycles. The highest BCUT2D eigenvalue weighted by atomic mass is 19.1. The van der Waals surface area contributed by atoms with Gasteiger partial charge >= 0.3 is 0 Å². The van der Waals surface area contributed by atoms with Crippen LogP contribution in [0.4, 0.5) is 15.8 Å². The zero-order valence-corrected chi connectivity index (χ0v) is 26.6. The van der Waals surface area contributed by atoms with Crippen molar-refractivity contribution < 1.29 is 23.3 Å². The zero-order valence-electron chi connectivity index (χ0n) is 26.6. The molecule has 1 atom stereocenters. The second-order valence-electron chi connectivity index (χ2n) is 12.1. The van der Waals surface area contributed by atoms with Crippen molar-refractivity contribution in [2.45, 2.75) is 38.7 Å². The van der Waals surface area contributed by atoms with E-state index in [1.807, 2.05) is 97.1 Å². The molecule has 7 rings (SSSR count). The van der Waals surface area contributed by atoms with Crippen molar-refractivity contribution in [3.05, 3.63) is 144 Å². The molecule has 0 aromatic heterocycles. The third kappa shape index (κ3) is 7.21. The molecule has 5 aromatic rings. The Morgan fingerprint density at radius 1 is 0.745 bits per heavy atom. The van der Waals surface area contributed by atoms with E-state index in [0.29, 0.717) is 37.0 Å². The molecule has 2 aliphatic rings. The summed E-state index contributed by atoms with van der Waals surface area (Å²) in [5.74, 6) is 2.07. The fourth-order valence-electron chi connectivity index (χ4n) is 6.15. The fourth-order valence-corrected chi connectivity index (χ4v) is 6.15. The summed E-state index contributed by atoms with van der Waals surface area (Å²) in [7, 11) is 0. The molecule has 0 N–H and O–H groups in total. The van der Waals surface area contributed by atoms with Crippen molar-refractivity contribution in [1.29, 1.82) is 0 Å². The first-order valence-corrected chi connectivity index (χ1v) is 16.3. The van der Waals surface area contributed by atoms with E-state index in [4.69, 9.17) is 18.9 Å². The first kappa shape index (κ1) is 30.6. The van der Waals surface area contributed by atoms with E-state index in [1.165, 1.54) is 0 Å². The fraction of sp³-hybridized carbons (Fsp3) is 0.250. The van der Waals surface area contributed by atoms with Gasteiger partial charge in [0, 0.05) is 30.9 Å². The van der Waals surface area contributed by atoms with Gasteiger partial charge in [0.25, 0.3) is 0 Å². The van der Waals surface area contributed by atoms with Crippen LogP contribution in [0.15, 0.2) is 121 Å². The van der Waals surface area contributed by atoms with Gasteiger partial charge in [-0.05, 0) is 66.1 Å². The van der Waals surface area contributed by atoms with E-state index >= 15 is 4.39 Å². The normalized spacial score (nSPS) is 16.1. The number of halogens is 1. The molecule has 2 heterocycles. The summed E-state index contributed by atoms with van der Waals surface area (Å²) in [6.45, 7) is 6.17. The van der Waals surface area contributed by atoms with Crippen LogP contribution in [0.2, 0.25) is 0 Å².